The molecule has 0 saturated carbocycles. The highest BCUT2D eigenvalue weighted by Gasteiger charge is 2.44. The first-order valence-corrected chi connectivity index (χ1v) is 14.3. The number of unbranched alkanes of at least 4 members (excludes halogenated alkanes) is 1. The number of nitrogens with zero attached hydrogens (tertiary/aromatic N) is 1. The zero-order valence-corrected chi connectivity index (χ0v) is 24.2. The van der Waals surface area contributed by atoms with Crippen LogP contribution in [0.1, 0.15) is 64.0 Å². The summed E-state index contributed by atoms with van der Waals surface area (Å²) < 4.78 is 5.28. The highest BCUT2D eigenvalue weighted by molar-refractivity contribution is 6.33. The molecular weight excluding hydrogens is 500 g/mol. The maximum atomic E-state index is 13.5. The Hall–Kier alpha value is -1.96. The quantitative estimate of drug-likeness (QED) is 0.303. The molecule has 6 nitrogen and oxygen atoms in total. The summed E-state index contributed by atoms with van der Waals surface area (Å²) in [4.78, 5) is 15.4. The lowest BCUT2D eigenvalue weighted by molar-refractivity contribution is -0.142. The molecule has 2 aromatic carbocycles. The molecular formula is C31H45ClN2O4. The van der Waals surface area contributed by atoms with E-state index in [9.17, 15) is 15.0 Å². The van der Waals surface area contributed by atoms with Crippen LogP contribution in [-0.2, 0) is 21.6 Å². The van der Waals surface area contributed by atoms with Crippen molar-refractivity contribution < 1.29 is 19.7 Å². The first-order chi connectivity index (χ1) is 18.2. The van der Waals surface area contributed by atoms with Crippen molar-refractivity contribution in [3.63, 3.8) is 0 Å². The van der Waals surface area contributed by atoms with E-state index >= 15 is 0 Å². The average Bonchev–Trinajstić information content (AvgIpc) is 2.93. The molecule has 2 aromatic rings. The number of β-amino-alcohol motifs (C(OH)–C–C–N with tert-alkyl or cyclic N) is 1. The molecule has 1 heterocycles. The zero-order valence-electron chi connectivity index (χ0n) is 23.4. The molecule has 210 valence electrons. The number of likely N-dealkylation sites (tertiary alicyclic amines) is 1. The van der Waals surface area contributed by atoms with Gasteiger partial charge in [-0.2, -0.15) is 0 Å². The molecule has 1 saturated heterocycles. The van der Waals surface area contributed by atoms with Crippen molar-refractivity contribution in [3.8, 4) is 11.1 Å². The fourth-order valence-corrected chi connectivity index (χ4v) is 6.00. The third-order valence-corrected chi connectivity index (χ3v) is 8.17. The number of benzene rings is 2. The highest BCUT2D eigenvalue weighted by Crippen LogP contribution is 2.46. The molecule has 3 rings (SSSR count). The second kappa shape index (κ2) is 13.9. The summed E-state index contributed by atoms with van der Waals surface area (Å²) in [6.45, 7) is 7.90. The van der Waals surface area contributed by atoms with E-state index in [4.69, 9.17) is 16.3 Å². The van der Waals surface area contributed by atoms with Crippen LogP contribution in [0.5, 0.6) is 0 Å². The van der Waals surface area contributed by atoms with Crippen LogP contribution >= 0.6 is 11.6 Å². The monoisotopic (exact) mass is 544 g/mol. The first kappa shape index (κ1) is 30.6. The number of piperidine rings is 1. The molecule has 7 heteroatoms. The number of nitrogens with one attached hydrogen (secondary N) is 1. The van der Waals surface area contributed by atoms with E-state index in [0.29, 0.717) is 37.7 Å². The lowest BCUT2D eigenvalue weighted by Gasteiger charge is -2.45. The number of rotatable bonds is 13. The molecule has 1 aliphatic heterocycles. The molecule has 38 heavy (non-hydrogen) atoms. The Bertz CT molecular complexity index is 1060. The minimum absolute atomic E-state index is 0.0145. The van der Waals surface area contributed by atoms with Gasteiger partial charge in [-0.25, -0.2) is 0 Å². The van der Waals surface area contributed by atoms with Crippen molar-refractivity contribution >= 4 is 17.5 Å². The molecule has 1 aliphatic rings. The minimum Gasteiger partial charge on any atom is -0.395 e. The van der Waals surface area contributed by atoms with Crippen LogP contribution in [0.25, 0.3) is 11.1 Å². The number of halogens is 1. The molecule has 2 atom stereocenters. The lowest BCUT2D eigenvalue weighted by atomic mass is 9.71. The van der Waals surface area contributed by atoms with Gasteiger partial charge in [0.05, 0.1) is 17.7 Å². The molecule has 1 unspecified atom stereocenters. The Kier molecular flexibility index (Phi) is 11.2. The molecule has 0 spiro atoms. The van der Waals surface area contributed by atoms with Gasteiger partial charge in [-0.05, 0) is 75.1 Å². The van der Waals surface area contributed by atoms with Crippen molar-refractivity contribution in [1.82, 2.24) is 10.2 Å². The third-order valence-electron chi connectivity index (χ3n) is 7.86. The van der Waals surface area contributed by atoms with Crippen molar-refractivity contribution in [1.29, 1.82) is 0 Å². The van der Waals surface area contributed by atoms with Crippen LogP contribution in [0.2, 0.25) is 5.02 Å². The van der Waals surface area contributed by atoms with Crippen LogP contribution in [0.4, 0.5) is 0 Å². The molecule has 0 radical (unpaired) electrons. The summed E-state index contributed by atoms with van der Waals surface area (Å²) in [7, 11) is 1.69. The van der Waals surface area contributed by atoms with Crippen LogP contribution in [-0.4, -0.2) is 66.5 Å². The topological polar surface area (TPSA) is 82.0 Å². The van der Waals surface area contributed by atoms with Crippen molar-refractivity contribution in [2.45, 2.75) is 70.4 Å². The van der Waals surface area contributed by atoms with Crippen LogP contribution in [0.15, 0.2) is 42.5 Å². The number of carbonyl (C=O) groups is 1. The Balaban J connectivity index is 2.02. The van der Waals surface area contributed by atoms with E-state index in [1.165, 1.54) is 5.56 Å². The van der Waals surface area contributed by atoms with E-state index in [1.807, 2.05) is 43.0 Å². The summed E-state index contributed by atoms with van der Waals surface area (Å²) in [6.07, 6.45) is 4.72. The Labute approximate surface area is 233 Å². The molecule has 0 aliphatic carbocycles. The smallest absolute Gasteiger partial charge is 0.242 e. The van der Waals surface area contributed by atoms with Crippen LogP contribution in [0.3, 0.4) is 0 Å². The van der Waals surface area contributed by atoms with E-state index in [2.05, 4.69) is 30.4 Å². The molecule has 3 N–H and O–H groups in total. The van der Waals surface area contributed by atoms with E-state index in [-0.39, 0.29) is 18.4 Å². The Morgan fingerprint density at radius 1 is 1.21 bits per heavy atom. The van der Waals surface area contributed by atoms with Gasteiger partial charge in [0.1, 0.15) is 0 Å². The first-order valence-electron chi connectivity index (χ1n) is 13.9. The number of aryl methyl sites for hydroxylation is 1. The zero-order chi connectivity index (χ0) is 27.8. The normalized spacial score (nSPS) is 17.9. The second-order valence-corrected chi connectivity index (χ2v) is 11.4. The van der Waals surface area contributed by atoms with Gasteiger partial charge >= 0.3 is 0 Å². The van der Waals surface area contributed by atoms with E-state index in [1.54, 1.807) is 7.11 Å². The van der Waals surface area contributed by atoms with Gasteiger partial charge in [-0.1, -0.05) is 54.9 Å². The number of aliphatic hydroxyl groups is 2. The number of amides is 1. The van der Waals surface area contributed by atoms with Gasteiger partial charge in [-0.15, -0.1) is 0 Å². The fourth-order valence-electron chi connectivity index (χ4n) is 5.72. The Morgan fingerprint density at radius 2 is 1.97 bits per heavy atom. The lowest BCUT2D eigenvalue weighted by Crippen LogP contribution is -2.58. The highest BCUT2D eigenvalue weighted by atomic mass is 35.5. The fraction of sp³-hybridized carbons (Fsp3) is 0.581. The predicted octanol–water partition coefficient (Wildman–Crippen LogP) is 5.17. The SMILES string of the molecule is CCc1cccc(-c2c(Cl)cccc2[C@](O)(CCCCOC)C2CCCN(C(=O)C(C)(C)NCCO)C2)c1. The van der Waals surface area contributed by atoms with Crippen molar-refractivity contribution in [3.05, 3.63) is 58.6 Å². The minimum atomic E-state index is -1.17. The van der Waals surface area contributed by atoms with Gasteiger partial charge in [0.15, 0.2) is 0 Å². The van der Waals surface area contributed by atoms with Crippen LogP contribution in [0, 0.1) is 5.92 Å². The second-order valence-electron chi connectivity index (χ2n) is 11.0. The average molecular weight is 545 g/mol. The van der Waals surface area contributed by atoms with Gasteiger partial charge < -0.3 is 25.2 Å². The van der Waals surface area contributed by atoms with Crippen molar-refractivity contribution in [2.24, 2.45) is 5.92 Å². The summed E-state index contributed by atoms with van der Waals surface area (Å²) in [5.41, 5.74) is 1.93. The standard InChI is InChI=1S/C31H45ClN2O4/c1-5-23-11-8-12-24(21-23)28-26(14-9-15-27(28)32)31(37,16-6-7-20-38-4)25-13-10-18-34(22-25)29(36)30(2,3)33-17-19-35/h8-9,11-12,14-15,21,25,33,35,37H,5-7,10,13,16-20,22H2,1-4H3/t25?,31-/m0/s1. The largest absolute Gasteiger partial charge is 0.395 e. The maximum Gasteiger partial charge on any atom is 0.242 e. The van der Waals surface area contributed by atoms with Gasteiger partial charge in [0.25, 0.3) is 0 Å². The molecule has 0 aromatic heterocycles. The molecule has 1 amide bonds. The number of methoxy groups -OCH3 is 1. The third kappa shape index (κ3) is 7.16. The number of hydrogen-bond donors (Lipinski definition) is 3. The van der Waals surface area contributed by atoms with Crippen LogP contribution < -0.4 is 5.32 Å². The number of carbonyl (C=O) groups excluding carboxylic acids is 1. The number of aliphatic hydroxyl groups excluding tert-OH is 1. The predicted molar refractivity (Wildman–Crippen MR) is 154 cm³/mol. The summed E-state index contributed by atoms with van der Waals surface area (Å²) >= 11 is 6.85. The van der Waals surface area contributed by atoms with Crippen molar-refractivity contribution in [2.75, 3.05) is 40.0 Å². The molecule has 1 fully saturated rings. The summed E-state index contributed by atoms with van der Waals surface area (Å²) in [5, 5.41) is 25.7. The number of ether oxygens (including phenoxy) is 1. The van der Waals surface area contributed by atoms with E-state index < -0.39 is 11.1 Å². The van der Waals surface area contributed by atoms with Gasteiger partial charge in [-0.3, -0.25) is 4.79 Å². The summed E-state index contributed by atoms with van der Waals surface area (Å²) in [6, 6.07) is 14.2. The van der Waals surface area contributed by atoms with Gasteiger partial charge in [0, 0.05) is 49.9 Å². The van der Waals surface area contributed by atoms with E-state index in [0.717, 1.165) is 48.8 Å². The maximum absolute atomic E-state index is 13.5. The summed E-state index contributed by atoms with van der Waals surface area (Å²) in [5.74, 6) is -0.165. The molecule has 0 bridgehead atoms. The number of hydrogen-bond acceptors (Lipinski definition) is 5. The van der Waals surface area contributed by atoms with Gasteiger partial charge in [0.2, 0.25) is 5.91 Å². The Morgan fingerprint density at radius 3 is 2.68 bits per heavy atom.